The Hall–Kier alpha value is -1.51. The third-order valence-corrected chi connectivity index (χ3v) is 3.49. The van der Waals surface area contributed by atoms with Gasteiger partial charge in [0.2, 0.25) is 0 Å². The van der Waals surface area contributed by atoms with Gasteiger partial charge in [-0.1, -0.05) is 13.0 Å². The van der Waals surface area contributed by atoms with Crippen molar-refractivity contribution >= 4 is 5.97 Å². The molecule has 3 heteroatoms. The van der Waals surface area contributed by atoms with E-state index in [1.807, 2.05) is 25.1 Å². The van der Waals surface area contributed by atoms with Gasteiger partial charge in [0.1, 0.15) is 5.75 Å². The van der Waals surface area contributed by atoms with E-state index in [1.165, 1.54) is 5.56 Å². The minimum Gasteiger partial charge on any atom is -0.497 e. The number of methoxy groups -OCH3 is 1. The second kappa shape index (κ2) is 4.16. The molecule has 0 fully saturated rings. The van der Waals surface area contributed by atoms with Crippen LogP contribution in [-0.2, 0) is 11.2 Å². The third kappa shape index (κ3) is 1.77. The normalized spacial score (nSPS) is 23.6. The molecular weight excluding hydrogens is 204 g/mol. The molecule has 0 unspecified atom stereocenters. The largest absolute Gasteiger partial charge is 0.497 e. The van der Waals surface area contributed by atoms with Crippen LogP contribution < -0.4 is 4.74 Å². The quantitative estimate of drug-likeness (QED) is 0.832. The average molecular weight is 220 g/mol. The van der Waals surface area contributed by atoms with Crippen LogP contribution in [0.25, 0.3) is 0 Å². The number of benzene rings is 1. The first-order valence-electron chi connectivity index (χ1n) is 5.53. The summed E-state index contributed by atoms with van der Waals surface area (Å²) in [5.74, 6) is 0.00161. The highest BCUT2D eigenvalue weighted by atomic mass is 16.5. The molecule has 0 bridgehead atoms. The van der Waals surface area contributed by atoms with E-state index >= 15 is 0 Å². The van der Waals surface area contributed by atoms with Gasteiger partial charge in [-0.2, -0.15) is 0 Å². The Morgan fingerprint density at radius 2 is 2.25 bits per heavy atom. The van der Waals surface area contributed by atoms with Crippen LogP contribution in [0.4, 0.5) is 0 Å². The summed E-state index contributed by atoms with van der Waals surface area (Å²) in [6, 6.07) is 5.91. The van der Waals surface area contributed by atoms with Crippen LogP contribution in [0, 0.1) is 5.92 Å². The van der Waals surface area contributed by atoms with Gasteiger partial charge in [0.25, 0.3) is 0 Å². The number of carboxylic acids is 1. The number of fused-ring (bicyclic) bond motifs is 1. The van der Waals surface area contributed by atoms with E-state index in [-0.39, 0.29) is 11.8 Å². The Kier molecular flexibility index (Phi) is 2.86. The van der Waals surface area contributed by atoms with E-state index in [4.69, 9.17) is 9.84 Å². The van der Waals surface area contributed by atoms with Crippen molar-refractivity contribution in [3.05, 3.63) is 29.3 Å². The molecule has 0 saturated heterocycles. The fraction of sp³-hybridized carbons (Fsp3) is 0.462. The van der Waals surface area contributed by atoms with Crippen molar-refractivity contribution in [3.8, 4) is 5.75 Å². The van der Waals surface area contributed by atoms with Crippen molar-refractivity contribution in [3.63, 3.8) is 0 Å². The van der Waals surface area contributed by atoms with Crippen molar-refractivity contribution in [1.82, 2.24) is 0 Å². The molecule has 0 saturated carbocycles. The number of hydrogen-bond donors (Lipinski definition) is 1. The molecule has 3 nitrogen and oxygen atoms in total. The van der Waals surface area contributed by atoms with Crippen molar-refractivity contribution in [2.75, 3.05) is 7.11 Å². The average Bonchev–Trinajstić information content (AvgIpc) is 2.28. The molecule has 1 aliphatic rings. The second-order valence-corrected chi connectivity index (χ2v) is 4.34. The molecular formula is C13H16O3. The molecule has 16 heavy (non-hydrogen) atoms. The number of aliphatic carboxylic acids is 1. The number of carboxylic acid groups (broad SMARTS) is 1. The maximum Gasteiger partial charge on any atom is 0.307 e. The predicted octanol–water partition coefficient (Wildman–Crippen LogP) is 2.45. The van der Waals surface area contributed by atoms with E-state index < -0.39 is 5.97 Å². The summed E-state index contributed by atoms with van der Waals surface area (Å²) in [6.45, 7) is 1.99. The van der Waals surface area contributed by atoms with E-state index in [1.54, 1.807) is 7.11 Å². The molecule has 1 aromatic carbocycles. The van der Waals surface area contributed by atoms with Gasteiger partial charge in [-0.15, -0.1) is 0 Å². The van der Waals surface area contributed by atoms with E-state index in [0.717, 1.165) is 24.2 Å². The van der Waals surface area contributed by atoms with Gasteiger partial charge >= 0.3 is 5.97 Å². The Balaban J connectivity index is 2.35. The lowest BCUT2D eigenvalue weighted by atomic mass is 9.76. The van der Waals surface area contributed by atoms with E-state index in [0.29, 0.717) is 0 Å². The van der Waals surface area contributed by atoms with Gasteiger partial charge in [-0.3, -0.25) is 4.79 Å². The molecule has 0 aromatic heterocycles. The summed E-state index contributed by atoms with van der Waals surface area (Å²) in [5.41, 5.74) is 2.38. The van der Waals surface area contributed by atoms with Gasteiger partial charge < -0.3 is 9.84 Å². The number of aryl methyl sites for hydroxylation is 1. The molecule has 1 N–H and O–H groups in total. The van der Waals surface area contributed by atoms with Crippen molar-refractivity contribution < 1.29 is 14.6 Å². The monoisotopic (exact) mass is 220 g/mol. The summed E-state index contributed by atoms with van der Waals surface area (Å²) < 4.78 is 5.17. The molecule has 0 radical (unpaired) electrons. The first-order valence-corrected chi connectivity index (χ1v) is 5.53. The number of rotatable bonds is 2. The van der Waals surface area contributed by atoms with Crippen LogP contribution in [0.1, 0.15) is 30.4 Å². The number of hydrogen-bond acceptors (Lipinski definition) is 2. The highest BCUT2D eigenvalue weighted by Crippen LogP contribution is 2.37. The first kappa shape index (κ1) is 11.0. The standard InChI is InChI=1S/C13H16O3/c1-8-11-6-4-10(16-2)7-9(11)3-5-12(8)13(14)15/h4,6-8,12H,3,5H2,1-2H3,(H,14,15)/t8-,12-/m0/s1. The maximum atomic E-state index is 11.1. The van der Waals surface area contributed by atoms with Crippen molar-refractivity contribution in [2.45, 2.75) is 25.7 Å². The topological polar surface area (TPSA) is 46.5 Å². The molecule has 2 rings (SSSR count). The van der Waals surface area contributed by atoms with Gasteiger partial charge in [-0.05, 0) is 42.0 Å². The first-order chi connectivity index (χ1) is 7.63. The lowest BCUT2D eigenvalue weighted by Crippen LogP contribution is -2.25. The van der Waals surface area contributed by atoms with Crippen LogP contribution in [0.5, 0.6) is 5.75 Å². The van der Waals surface area contributed by atoms with Crippen LogP contribution >= 0.6 is 0 Å². The lowest BCUT2D eigenvalue weighted by Gasteiger charge is -2.28. The predicted molar refractivity (Wildman–Crippen MR) is 60.9 cm³/mol. The summed E-state index contributed by atoms with van der Waals surface area (Å²) in [5, 5.41) is 9.11. The van der Waals surface area contributed by atoms with Crippen LogP contribution in [0.15, 0.2) is 18.2 Å². The molecule has 0 aliphatic heterocycles. The third-order valence-electron chi connectivity index (χ3n) is 3.49. The summed E-state index contributed by atoms with van der Waals surface area (Å²) in [4.78, 5) is 11.1. The molecule has 2 atom stereocenters. The summed E-state index contributed by atoms with van der Waals surface area (Å²) >= 11 is 0. The zero-order valence-corrected chi connectivity index (χ0v) is 9.56. The number of carbonyl (C=O) groups is 1. The van der Waals surface area contributed by atoms with Crippen LogP contribution in [-0.4, -0.2) is 18.2 Å². The van der Waals surface area contributed by atoms with Crippen LogP contribution in [0.2, 0.25) is 0 Å². The number of ether oxygens (including phenoxy) is 1. The summed E-state index contributed by atoms with van der Waals surface area (Å²) in [7, 11) is 1.65. The Labute approximate surface area is 95.0 Å². The zero-order chi connectivity index (χ0) is 11.7. The maximum absolute atomic E-state index is 11.1. The fourth-order valence-corrected chi connectivity index (χ4v) is 2.48. The summed E-state index contributed by atoms with van der Waals surface area (Å²) in [6.07, 6.45) is 1.55. The van der Waals surface area contributed by atoms with Crippen molar-refractivity contribution in [1.29, 1.82) is 0 Å². The van der Waals surface area contributed by atoms with Gasteiger partial charge in [-0.25, -0.2) is 0 Å². The zero-order valence-electron chi connectivity index (χ0n) is 9.56. The molecule has 0 amide bonds. The second-order valence-electron chi connectivity index (χ2n) is 4.34. The fourth-order valence-electron chi connectivity index (χ4n) is 2.48. The van der Waals surface area contributed by atoms with E-state index in [2.05, 4.69) is 0 Å². The molecule has 0 heterocycles. The molecule has 0 spiro atoms. The van der Waals surface area contributed by atoms with Gasteiger partial charge in [0.05, 0.1) is 13.0 Å². The lowest BCUT2D eigenvalue weighted by molar-refractivity contribution is -0.142. The Bertz CT molecular complexity index is 412. The Morgan fingerprint density at radius 3 is 2.88 bits per heavy atom. The minimum absolute atomic E-state index is 0.0900. The minimum atomic E-state index is -0.686. The van der Waals surface area contributed by atoms with Crippen molar-refractivity contribution in [2.24, 2.45) is 5.92 Å². The van der Waals surface area contributed by atoms with Gasteiger partial charge in [0, 0.05) is 0 Å². The van der Waals surface area contributed by atoms with Crippen LogP contribution in [0.3, 0.4) is 0 Å². The van der Waals surface area contributed by atoms with Gasteiger partial charge in [0.15, 0.2) is 0 Å². The molecule has 86 valence electrons. The SMILES string of the molecule is COc1ccc2c(c1)CC[C@H](C(=O)O)[C@H]2C. The smallest absolute Gasteiger partial charge is 0.307 e. The molecule has 1 aliphatic carbocycles. The van der Waals surface area contributed by atoms with E-state index in [9.17, 15) is 4.79 Å². The highest BCUT2D eigenvalue weighted by molar-refractivity contribution is 5.72. The highest BCUT2D eigenvalue weighted by Gasteiger charge is 2.31. The Morgan fingerprint density at radius 1 is 1.50 bits per heavy atom. The molecule has 1 aromatic rings.